The summed E-state index contributed by atoms with van der Waals surface area (Å²) in [6, 6.07) is 1.01. The number of pyridine rings is 1. The van der Waals surface area contributed by atoms with E-state index in [9.17, 15) is 13.2 Å². The molecule has 1 heterocycles. The van der Waals surface area contributed by atoms with Gasteiger partial charge in [0.1, 0.15) is 0 Å². The molecule has 1 aromatic heterocycles. The number of aromatic nitrogens is 1. The first kappa shape index (κ1) is 8.04. The Kier molecular flexibility index (Phi) is 1.85. The van der Waals surface area contributed by atoms with Crippen molar-refractivity contribution in [3.63, 3.8) is 0 Å². The molecule has 0 saturated heterocycles. The standard InChI is InChI=1S/C7H5F3N/c1-5-2-6(4-11-3-5)7(8,9)10/h2,4H,1H3. The first-order chi connectivity index (χ1) is 5.00. The van der Waals surface area contributed by atoms with Gasteiger partial charge in [-0.05, 0) is 18.6 Å². The van der Waals surface area contributed by atoms with E-state index in [1.165, 1.54) is 6.92 Å². The largest absolute Gasteiger partial charge is 0.417 e. The van der Waals surface area contributed by atoms with Gasteiger partial charge in [-0.25, -0.2) is 0 Å². The number of aryl methyl sites for hydroxylation is 1. The maximum Gasteiger partial charge on any atom is 0.417 e. The minimum Gasteiger partial charge on any atom is -0.254 e. The van der Waals surface area contributed by atoms with Crippen molar-refractivity contribution in [2.24, 2.45) is 0 Å². The first-order valence-corrected chi connectivity index (χ1v) is 2.91. The van der Waals surface area contributed by atoms with Crippen molar-refractivity contribution in [2.75, 3.05) is 0 Å². The van der Waals surface area contributed by atoms with E-state index in [4.69, 9.17) is 0 Å². The Morgan fingerprint density at radius 2 is 2.09 bits per heavy atom. The van der Waals surface area contributed by atoms with Crippen molar-refractivity contribution >= 4 is 0 Å². The van der Waals surface area contributed by atoms with Gasteiger partial charge in [-0.1, -0.05) is 0 Å². The van der Waals surface area contributed by atoms with Gasteiger partial charge in [-0.3, -0.25) is 4.98 Å². The second-order valence-electron chi connectivity index (χ2n) is 2.15. The zero-order valence-corrected chi connectivity index (χ0v) is 5.74. The molecule has 0 amide bonds. The summed E-state index contributed by atoms with van der Waals surface area (Å²) in [5, 5.41) is 0. The Hall–Kier alpha value is -1.06. The molecule has 0 unspecified atom stereocenters. The summed E-state index contributed by atoms with van der Waals surface area (Å²) in [6.07, 6.45) is -1.15. The molecule has 0 spiro atoms. The molecule has 0 bridgehead atoms. The van der Waals surface area contributed by atoms with Crippen molar-refractivity contribution in [3.05, 3.63) is 29.6 Å². The van der Waals surface area contributed by atoms with Crippen LogP contribution >= 0.6 is 0 Å². The summed E-state index contributed by atoms with van der Waals surface area (Å²) in [5.41, 5.74) is -0.339. The Labute approximate surface area is 61.9 Å². The molecule has 1 rings (SSSR count). The average molecular weight is 160 g/mol. The minimum absolute atomic E-state index is 0.389. The van der Waals surface area contributed by atoms with Gasteiger partial charge in [0.25, 0.3) is 0 Å². The second kappa shape index (κ2) is 2.53. The zero-order valence-electron chi connectivity index (χ0n) is 5.74. The van der Waals surface area contributed by atoms with Gasteiger partial charge in [-0.15, -0.1) is 0 Å². The van der Waals surface area contributed by atoms with Gasteiger partial charge in [0, 0.05) is 6.20 Å². The normalized spacial score (nSPS) is 11.6. The summed E-state index contributed by atoms with van der Waals surface area (Å²) in [4.78, 5) is 3.31. The van der Waals surface area contributed by atoms with E-state index in [2.05, 4.69) is 11.2 Å². The topological polar surface area (TPSA) is 12.9 Å². The summed E-state index contributed by atoms with van der Waals surface area (Å²) in [5.74, 6) is 0. The van der Waals surface area contributed by atoms with Gasteiger partial charge in [0.2, 0.25) is 0 Å². The third kappa shape index (κ3) is 1.93. The van der Waals surface area contributed by atoms with Crippen LogP contribution in [0.2, 0.25) is 0 Å². The fourth-order valence-electron chi connectivity index (χ4n) is 0.661. The van der Waals surface area contributed by atoms with Crippen molar-refractivity contribution in [1.29, 1.82) is 0 Å². The highest BCUT2D eigenvalue weighted by Gasteiger charge is 2.30. The molecule has 0 aliphatic rings. The summed E-state index contributed by atoms with van der Waals surface area (Å²) >= 11 is 0. The SMILES string of the molecule is Cc1[c]ncc(C(F)(F)F)c1. The molecule has 59 valence electrons. The van der Waals surface area contributed by atoms with Crippen molar-refractivity contribution in [1.82, 2.24) is 4.98 Å². The number of nitrogens with zero attached hydrogens (tertiary/aromatic N) is 1. The molecule has 0 aliphatic heterocycles. The predicted octanol–water partition coefficient (Wildman–Crippen LogP) is 2.21. The molecule has 4 heteroatoms. The quantitative estimate of drug-likeness (QED) is 0.567. The Morgan fingerprint density at radius 3 is 2.45 bits per heavy atom. The molecule has 11 heavy (non-hydrogen) atoms. The molecule has 1 nitrogen and oxygen atoms in total. The van der Waals surface area contributed by atoms with E-state index in [0.29, 0.717) is 5.56 Å². The van der Waals surface area contributed by atoms with Crippen LogP contribution in [0.25, 0.3) is 0 Å². The molecule has 1 radical (unpaired) electrons. The van der Waals surface area contributed by atoms with Crippen molar-refractivity contribution in [3.8, 4) is 0 Å². The van der Waals surface area contributed by atoms with Gasteiger partial charge >= 0.3 is 6.18 Å². The lowest BCUT2D eigenvalue weighted by Gasteiger charge is -2.04. The van der Waals surface area contributed by atoms with E-state index in [0.717, 1.165) is 12.3 Å². The summed E-state index contributed by atoms with van der Waals surface area (Å²) in [6.45, 7) is 1.52. The lowest BCUT2D eigenvalue weighted by Crippen LogP contribution is -2.05. The zero-order chi connectivity index (χ0) is 8.48. The number of rotatable bonds is 0. The third-order valence-corrected chi connectivity index (χ3v) is 1.14. The Bertz CT molecular complexity index is 254. The molecule has 0 N–H and O–H groups in total. The molecule has 0 atom stereocenters. The molecular weight excluding hydrogens is 155 g/mol. The lowest BCUT2D eigenvalue weighted by atomic mass is 10.2. The van der Waals surface area contributed by atoms with Crippen LogP contribution in [-0.2, 0) is 6.18 Å². The highest BCUT2D eigenvalue weighted by atomic mass is 19.4. The summed E-state index contributed by atoms with van der Waals surface area (Å²) < 4.78 is 35.7. The maximum atomic E-state index is 11.9. The van der Waals surface area contributed by atoms with Crippen LogP contribution in [0, 0.1) is 13.1 Å². The lowest BCUT2D eigenvalue weighted by molar-refractivity contribution is -0.137. The van der Waals surface area contributed by atoms with Crippen LogP contribution < -0.4 is 0 Å². The number of hydrogen-bond donors (Lipinski definition) is 0. The number of alkyl halides is 3. The molecule has 0 aromatic carbocycles. The van der Waals surface area contributed by atoms with Gasteiger partial charge in [0.05, 0.1) is 11.8 Å². The second-order valence-corrected chi connectivity index (χ2v) is 2.15. The fraction of sp³-hybridized carbons (Fsp3) is 0.286. The van der Waals surface area contributed by atoms with E-state index in [1.807, 2.05) is 0 Å². The van der Waals surface area contributed by atoms with Crippen LogP contribution in [0.15, 0.2) is 12.3 Å². The third-order valence-electron chi connectivity index (χ3n) is 1.14. The van der Waals surface area contributed by atoms with E-state index >= 15 is 0 Å². The van der Waals surface area contributed by atoms with Crippen LogP contribution in [0.5, 0.6) is 0 Å². The number of halogens is 3. The van der Waals surface area contributed by atoms with Gasteiger partial charge in [-0.2, -0.15) is 13.2 Å². The van der Waals surface area contributed by atoms with Crippen LogP contribution in [0.4, 0.5) is 13.2 Å². The summed E-state index contributed by atoms with van der Waals surface area (Å²) in [7, 11) is 0. The fourth-order valence-corrected chi connectivity index (χ4v) is 0.661. The predicted molar refractivity (Wildman–Crippen MR) is 32.8 cm³/mol. The van der Waals surface area contributed by atoms with Crippen LogP contribution in [-0.4, -0.2) is 4.98 Å². The smallest absolute Gasteiger partial charge is 0.254 e. The van der Waals surface area contributed by atoms with Crippen LogP contribution in [0.3, 0.4) is 0 Å². The monoisotopic (exact) mass is 160 g/mol. The Morgan fingerprint density at radius 1 is 1.45 bits per heavy atom. The van der Waals surface area contributed by atoms with Crippen molar-refractivity contribution in [2.45, 2.75) is 13.1 Å². The first-order valence-electron chi connectivity index (χ1n) is 2.91. The van der Waals surface area contributed by atoms with E-state index < -0.39 is 11.7 Å². The average Bonchev–Trinajstić information content (AvgIpc) is 1.86. The Balaban J connectivity index is 3.06. The number of hydrogen-bond acceptors (Lipinski definition) is 1. The molecular formula is C7H5F3N. The highest BCUT2D eigenvalue weighted by molar-refractivity contribution is 5.18. The minimum atomic E-state index is -4.30. The van der Waals surface area contributed by atoms with Gasteiger partial charge < -0.3 is 0 Å². The van der Waals surface area contributed by atoms with E-state index in [-0.39, 0.29) is 0 Å². The highest BCUT2D eigenvalue weighted by Crippen LogP contribution is 2.28. The molecule has 1 aromatic rings. The molecule has 0 fully saturated rings. The molecule has 0 aliphatic carbocycles. The maximum absolute atomic E-state index is 11.9. The van der Waals surface area contributed by atoms with Crippen molar-refractivity contribution < 1.29 is 13.2 Å². The van der Waals surface area contributed by atoms with Crippen LogP contribution in [0.1, 0.15) is 11.1 Å². The van der Waals surface area contributed by atoms with Gasteiger partial charge in [0.15, 0.2) is 0 Å². The van der Waals surface area contributed by atoms with E-state index in [1.54, 1.807) is 0 Å². The molecule has 0 saturated carbocycles.